The highest BCUT2D eigenvalue weighted by Gasteiger charge is 2.39. The van der Waals surface area contributed by atoms with Crippen molar-refractivity contribution in [1.29, 1.82) is 0 Å². The Kier molecular flexibility index (Phi) is 4.74. The average molecular weight is 305 g/mol. The number of rotatable bonds is 4. The van der Waals surface area contributed by atoms with Crippen LogP contribution in [0.25, 0.3) is 0 Å². The molecule has 1 amide bonds. The number of piperidine rings is 1. The largest absolute Gasteiger partial charge is 0.490 e. The lowest BCUT2D eigenvalue weighted by Gasteiger charge is -2.46. The Morgan fingerprint density at radius 3 is 2.91 bits per heavy atom. The SMILES string of the molecule is C=CC[C@@H]1N(C(=O)c2cc(=O)c(OC)co2)CCCC1(C)C. The lowest BCUT2D eigenvalue weighted by molar-refractivity contribution is 0.0259. The maximum absolute atomic E-state index is 12.7. The van der Waals surface area contributed by atoms with Crippen molar-refractivity contribution in [3.05, 3.63) is 41.0 Å². The van der Waals surface area contributed by atoms with Crippen LogP contribution in [0.4, 0.5) is 0 Å². The van der Waals surface area contributed by atoms with E-state index in [0.717, 1.165) is 19.3 Å². The number of carbonyl (C=O) groups is 1. The summed E-state index contributed by atoms with van der Waals surface area (Å²) in [6.45, 7) is 8.77. The van der Waals surface area contributed by atoms with Gasteiger partial charge >= 0.3 is 0 Å². The highest BCUT2D eigenvalue weighted by Crippen LogP contribution is 2.37. The van der Waals surface area contributed by atoms with Crippen LogP contribution in [0.5, 0.6) is 5.75 Å². The number of nitrogens with zero attached hydrogens (tertiary/aromatic N) is 1. The van der Waals surface area contributed by atoms with Gasteiger partial charge in [0.1, 0.15) is 6.26 Å². The minimum absolute atomic E-state index is 0.00879. The summed E-state index contributed by atoms with van der Waals surface area (Å²) < 4.78 is 10.2. The van der Waals surface area contributed by atoms with Crippen LogP contribution in [0.15, 0.2) is 34.2 Å². The van der Waals surface area contributed by atoms with Gasteiger partial charge in [-0.05, 0) is 24.7 Å². The second kappa shape index (κ2) is 6.38. The molecule has 1 fully saturated rings. The monoisotopic (exact) mass is 305 g/mol. The van der Waals surface area contributed by atoms with E-state index in [9.17, 15) is 9.59 Å². The first-order valence-electron chi connectivity index (χ1n) is 7.49. The van der Waals surface area contributed by atoms with Crippen LogP contribution >= 0.6 is 0 Å². The summed E-state index contributed by atoms with van der Waals surface area (Å²) in [5, 5.41) is 0. The van der Waals surface area contributed by atoms with E-state index < -0.39 is 0 Å². The minimum atomic E-state index is -0.353. The van der Waals surface area contributed by atoms with E-state index in [1.54, 1.807) is 4.90 Å². The molecule has 0 spiro atoms. The number of hydrogen-bond donors (Lipinski definition) is 0. The Morgan fingerprint density at radius 1 is 1.59 bits per heavy atom. The molecule has 1 aliphatic heterocycles. The van der Waals surface area contributed by atoms with Crippen LogP contribution in [-0.2, 0) is 0 Å². The predicted octanol–water partition coefficient (Wildman–Crippen LogP) is 2.86. The number of carbonyl (C=O) groups excluding carboxylic acids is 1. The van der Waals surface area contributed by atoms with Crippen LogP contribution < -0.4 is 10.2 Å². The zero-order chi connectivity index (χ0) is 16.3. The molecule has 2 heterocycles. The highest BCUT2D eigenvalue weighted by atomic mass is 16.5. The van der Waals surface area contributed by atoms with Crippen molar-refractivity contribution in [1.82, 2.24) is 4.90 Å². The van der Waals surface area contributed by atoms with Gasteiger partial charge in [-0.3, -0.25) is 9.59 Å². The molecular weight excluding hydrogens is 282 g/mol. The summed E-state index contributed by atoms with van der Waals surface area (Å²) in [4.78, 5) is 26.4. The molecule has 1 aromatic heterocycles. The van der Waals surface area contributed by atoms with Gasteiger partial charge in [0.25, 0.3) is 5.91 Å². The summed E-state index contributed by atoms with van der Waals surface area (Å²) in [7, 11) is 1.39. The summed E-state index contributed by atoms with van der Waals surface area (Å²) >= 11 is 0. The van der Waals surface area contributed by atoms with E-state index in [4.69, 9.17) is 9.15 Å². The molecule has 120 valence electrons. The average Bonchev–Trinajstić information content (AvgIpc) is 2.48. The van der Waals surface area contributed by atoms with Crippen LogP contribution in [0.2, 0.25) is 0 Å². The molecule has 0 unspecified atom stereocenters. The third kappa shape index (κ3) is 3.08. The molecule has 1 aromatic rings. The van der Waals surface area contributed by atoms with Crippen LogP contribution in [0.1, 0.15) is 43.7 Å². The van der Waals surface area contributed by atoms with Gasteiger partial charge in [0.2, 0.25) is 11.2 Å². The third-order valence-corrected chi connectivity index (χ3v) is 4.38. The quantitative estimate of drug-likeness (QED) is 0.803. The number of ether oxygens (including phenoxy) is 1. The molecule has 5 nitrogen and oxygen atoms in total. The number of likely N-dealkylation sites (tertiary alicyclic amines) is 1. The van der Waals surface area contributed by atoms with E-state index >= 15 is 0 Å². The first-order valence-corrected chi connectivity index (χ1v) is 7.49. The molecule has 0 bridgehead atoms. The smallest absolute Gasteiger partial charge is 0.289 e. The molecule has 1 atom stereocenters. The maximum Gasteiger partial charge on any atom is 0.289 e. The predicted molar refractivity (Wildman–Crippen MR) is 84.2 cm³/mol. The third-order valence-electron chi connectivity index (χ3n) is 4.38. The fraction of sp³-hybridized carbons (Fsp3) is 0.529. The topological polar surface area (TPSA) is 59.8 Å². The second-order valence-electron chi connectivity index (χ2n) is 6.31. The standard InChI is InChI=1S/C17H23NO4/c1-5-7-15-17(2,3)8-6-9-18(15)16(20)13-10-12(19)14(21-4)11-22-13/h5,10-11,15H,1,6-9H2,2-4H3/t15-/m0/s1. The Bertz CT molecular complexity index is 617. The maximum atomic E-state index is 12.7. The van der Waals surface area contributed by atoms with Crippen molar-refractivity contribution in [3.8, 4) is 5.75 Å². The van der Waals surface area contributed by atoms with Gasteiger partial charge in [0.15, 0.2) is 5.76 Å². The van der Waals surface area contributed by atoms with Crippen molar-refractivity contribution in [2.45, 2.75) is 39.2 Å². The summed E-state index contributed by atoms with van der Waals surface area (Å²) in [5.74, 6) is -0.102. The van der Waals surface area contributed by atoms with Gasteiger partial charge in [-0.1, -0.05) is 19.9 Å². The fourth-order valence-electron chi connectivity index (χ4n) is 3.10. The Balaban J connectivity index is 2.32. The summed E-state index contributed by atoms with van der Waals surface area (Å²) in [6, 6.07) is 1.26. The molecule has 1 saturated heterocycles. The number of amides is 1. The van der Waals surface area contributed by atoms with Crippen LogP contribution in [-0.4, -0.2) is 30.5 Å². The van der Waals surface area contributed by atoms with Crippen LogP contribution in [0, 0.1) is 5.41 Å². The van der Waals surface area contributed by atoms with Gasteiger partial charge in [0, 0.05) is 18.7 Å². The Morgan fingerprint density at radius 2 is 2.32 bits per heavy atom. The molecule has 5 heteroatoms. The van der Waals surface area contributed by atoms with Gasteiger partial charge in [0.05, 0.1) is 7.11 Å². The molecule has 0 N–H and O–H groups in total. The van der Waals surface area contributed by atoms with Crippen molar-refractivity contribution in [2.24, 2.45) is 5.41 Å². The molecule has 0 radical (unpaired) electrons. The molecule has 2 rings (SSSR count). The summed E-state index contributed by atoms with van der Waals surface area (Å²) in [5.41, 5.74) is -0.344. The van der Waals surface area contributed by atoms with Gasteiger partial charge < -0.3 is 14.1 Å². The van der Waals surface area contributed by atoms with Gasteiger partial charge in [-0.15, -0.1) is 6.58 Å². The second-order valence-corrected chi connectivity index (χ2v) is 6.31. The fourth-order valence-corrected chi connectivity index (χ4v) is 3.10. The molecule has 1 aliphatic rings. The van der Waals surface area contributed by atoms with Crippen molar-refractivity contribution < 1.29 is 13.9 Å². The molecule has 0 aromatic carbocycles. The van der Waals surface area contributed by atoms with Crippen molar-refractivity contribution in [2.75, 3.05) is 13.7 Å². The molecule has 0 aliphatic carbocycles. The van der Waals surface area contributed by atoms with E-state index in [2.05, 4.69) is 20.4 Å². The van der Waals surface area contributed by atoms with E-state index in [-0.39, 0.29) is 34.3 Å². The highest BCUT2D eigenvalue weighted by molar-refractivity contribution is 5.91. The lowest BCUT2D eigenvalue weighted by atomic mass is 9.75. The van der Waals surface area contributed by atoms with Crippen LogP contribution in [0.3, 0.4) is 0 Å². The summed E-state index contributed by atoms with van der Waals surface area (Å²) in [6.07, 6.45) is 5.74. The lowest BCUT2D eigenvalue weighted by Crippen LogP contribution is -2.52. The van der Waals surface area contributed by atoms with Gasteiger partial charge in [-0.2, -0.15) is 0 Å². The molecule has 22 heavy (non-hydrogen) atoms. The van der Waals surface area contributed by atoms with E-state index in [1.165, 1.54) is 19.4 Å². The zero-order valence-corrected chi connectivity index (χ0v) is 13.4. The Hall–Kier alpha value is -2.04. The number of methoxy groups -OCH3 is 1. The minimum Gasteiger partial charge on any atom is -0.490 e. The van der Waals surface area contributed by atoms with E-state index in [1.807, 2.05) is 6.08 Å². The Labute approximate surface area is 130 Å². The van der Waals surface area contributed by atoms with E-state index in [0.29, 0.717) is 6.54 Å². The van der Waals surface area contributed by atoms with Crippen molar-refractivity contribution in [3.63, 3.8) is 0 Å². The molecular formula is C17H23NO4. The number of hydrogen-bond acceptors (Lipinski definition) is 4. The first-order chi connectivity index (χ1) is 10.4. The van der Waals surface area contributed by atoms with Crippen molar-refractivity contribution >= 4 is 5.91 Å². The normalized spacial score (nSPS) is 20.5. The molecule has 0 saturated carbocycles. The zero-order valence-electron chi connectivity index (χ0n) is 13.4. The van der Waals surface area contributed by atoms with Gasteiger partial charge in [-0.25, -0.2) is 0 Å². The first kappa shape index (κ1) is 16.3.